The molecule has 2 heterocycles. The van der Waals surface area contributed by atoms with Crippen molar-refractivity contribution >= 4 is 43.6 Å². The molecule has 0 saturated carbocycles. The van der Waals surface area contributed by atoms with Gasteiger partial charge in [-0.1, -0.05) is 84.9 Å². The average Bonchev–Trinajstić information content (AvgIpc) is 3.51. The zero-order valence-electron chi connectivity index (χ0n) is 22.6. The Morgan fingerprint density at radius 3 is 1.20 bits per heavy atom. The third-order valence-electron chi connectivity index (χ3n) is 8.40. The fourth-order valence-electron chi connectivity index (χ4n) is 6.53. The second-order valence-corrected chi connectivity index (χ2v) is 10.7. The molecule has 2 aromatic heterocycles. The Balaban J connectivity index is 1.31. The second-order valence-electron chi connectivity index (χ2n) is 10.7. The van der Waals surface area contributed by atoms with Gasteiger partial charge in [0.15, 0.2) is 0 Å². The molecule has 0 radical (unpaired) electrons. The molecular formula is C38H28N2. The van der Waals surface area contributed by atoms with Gasteiger partial charge in [-0.25, -0.2) is 0 Å². The molecule has 2 heteroatoms. The van der Waals surface area contributed by atoms with Gasteiger partial charge in [-0.15, -0.1) is 0 Å². The van der Waals surface area contributed by atoms with Crippen LogP contribution in [0, 0.1) is 13.8 Å². The number of aromatic nitrogens is 2. The highest BCUT2D eigenvalue weighted by molar-refractivity contribution is 6.10. The Labute approximate surface area is 233 Å². The van der Waals surface area contributed by atoms with Gasteiger partial charge in [0.05, 0.1) is 22.1 Å². The summed E-state index contributed by atoms with van der Waals surface area (Å²) in [6, 6.07) is 48.6. The first-order chi connectivity index (χ1) is 19.7. The van der Waals surface area contributed by atoms with Crippen LogP contribution in [-0.2, 0) is 0 Å². The third-order valence-corrected chi connectivity index (χ3v) is 8.40. The smallest absolute Gasteiger partial charge is 0.0541 e. The van der Waals surface area contributed by atoms with Gasteiger partial charge in [-0.05, 0) is 84.6 Å². The molecule has 0 fully saturated rings. The second kappa shape index (κ2) is 8.72. The van der Waals surface area contributed by atoms with Gasteiger partial charge in [0.1, 0.15) is 0 Å². The molecular weight excluding hydrogens is 484 g/mol. The molecule has 2 nitrogen and oxygen atoms in total. The summed E-state index contributed by atoms with van der Waals surface area (Å²) < 4.78 is 4.79. The Bertz CT molecular complexity index is 2140. The number of benzene rings is 6. The highest BCUT2D eigenvalue weighted by Crippen LogP contribution is 2.37. The molecule has 0 aliphatic carbocycles. The van der Waals surface area contributed by atoms with Crippen molar-refractivity contribution in [3.05, 3.63) is 145 Å². The van der Waals surface area contributed by atoms with Crippen LogP contribution in [0.1, 0.15) is 11.1 Å². The Hall–Kier alpha value is -5.08. The number of aryl methyl sites for hydroxylation is 2. The summed E-state index contributed by atoms with van der Waals surface area (Å²) in [5.41, 5.74) is 12.4. The van der Waals surface area contributed by atoms with E-state index in [1.54, 1.807) is 0 Å². The average molecular weight is 513 g/mol. The van der Waals surface area contributed by atoms with E-state index in [9.17, 15) is 0 Å². The first-order valence-electron chi connectivity index (χ1n) is 13.9. The minimum atomic E-state index is 1.18. The van der Waals surface area contributed by atoms with Gasteiger partial charge in [0.25, 0.3) is 0 Å². The number of para-hydroxylation sites is 4. The lowest BCUT2D eigenvalue weighted by atomic mass is 9.95. The van der Waals surface area contributed by atoms with E-state index in [-0.39, 0.29) is 0 Å². The molecule has 40 heavy (non-hydrogen) atoms. The summed E-state index contributed by atoms with van der Waals surface area (Å²) >= 11 is 0. The summed E-state index contributed by atoms with van der Waals surface area (Å²) in [7, 11) is 0. The molecule has 8 rings (SSSR count). The lowest BCUT2D eigenvalue weighted by molar-refractivity contribution is 1.16. The molecule has 0 saturated heterocycles. The summed E-state index contributed by atoms with van der Waals surface area (Å²) in [5, 5.41) is 5.14. The number of hydrogen-bond donors (Lipinski definition) is 0. The topological polar surface area (TPSA) is 9.86 Å². The van der Waals surface area contributed by atoms with Crippen LogP contribution in [0.5, 0.6) is 0 Å². The van der Waals surface area contributed by atoms with Crippen molar-refractivity contribution in [3.8, 4) is 22.5 Å². The van der Waals surface area contributed by atoms with E-state index < -0.39 is 0 Å². The molecule has 0 N–H and O–H groups in total. The van der Waals surface area contributed by atoms with Gasteiger partial charge < -0.3 is 9.13 Å². The first kappa shape index (κ1) is 22.9. The lowest BCUT2D eigenvalue weighted by Crippen LogP contribution is -1.98. The fourth-order valence-corrected chi connectivity index (χ4v) is 6.53. The van der Waals surface area contributed by atoms with Crippen LogP contribution >= 0.6 is 0 Å². The standard InChI is InChI=1S/C38H28N2/c1-25-19-20-28(40-37-17-9-5-13-32(37)33-14-6-10-18-38(33)40)24-34(25)29-22-21-27(23-26(29)2)39-35-15-7-3-11-30(35)31-12-4-8-16-36(31)39/h3-24H,1-2H3. The van der Waals surface area contributed by atoms with Gasteiger partial charge in [-0.2, -0.15) is 0 Å². The van der Waals surface area contributed by atoms with Gasteiger partial charge in [-0.3, -0.25) is 0 Å². The molecule has 190 valence electrons. The Kier molecular flexibility index (Phi) is 4.99. The van der Waals surface area contributed by atoms with Crippen molar-refractivity contribution in [1.82, 2.24) is 9.13 Å². The van der Waals surface area contributed by atoms with Crippen molar-refractivity contribution in [2.75, 3.05) is 0 Å². The van der Waals surface area contributed by atoms with Crippen LogP contribution in [0.4, 0.5) is 0 Å². The van der Waals surface area contributed by atoms with Crippen molar-refractivity contribution in [2.24, 2.45) is 0 Å². The zero-order valence-corrected chi connectivity index (χ0v) is 22.6. The molecule has 0 atom stereocenters. The van der Waals surface area contributed by atoms with E-state index in [1.807, 2.05) is 0 Å². The molecule has 6 aromatic carbocycles. The number of fused-ring (bicyclic) bond motifs is 6. The van der Waals surface area contributed by atoms with Gasteiger partial charge in [0, 0.05) is 32.9 Å². The fraction of sp³-hybridized carbons (Fsp3) is 0.0526. The predicted octanol–water partition coefficient (Wildman–Crippen LogP) is 10.2. The largest absolute Gasteiger partial charge is 0.309 e. The van der Waals surface area contributed by atoms with Gasteiger partial charge in [0.2, 0.25) is 0 Å². The number of rotatable bonds is 3. The van der Waals surface area contributed by atoms with Crippen LogP contribution in [0.15, 0.2) is 133 Å². The van der Waals surface area contributed by atoms with Gasteiger partial charge >= 0.3 is 0 Å². The lowest BCUT2D eigenvalue weighted by Gasteiger charge is -2.16. The molecule has 0 spiro atoms. The molecule has 8 aromatic rings. The predicted molar refractivity (Wildman–Crippen MR) is 170 cm³/mol. The van der Waals surface area contributed by atoms with Crippen LogP contribution < -0.4 is 0 Å². The van der Waals surface area contributed by atoms with E-state index in [0.717, 1.165) is 0 Å². The van der Waals surface area contributed by atoms with E-state index in [0.29, 0.717) is 0 Å². The van der Waals surface area contributed by atoms with Crippen LogP contribution in [0.3, 0.4) is 0 Å². The number of hydrogen-bond acceptors (Lipinski definition) is 0. The van der Waals surface area contributed by atoms with E-state index >= 15 is 0 Å². The highest BCUT2D eigenvalue weighted by atomic mass is 15.0. The third kappa shape index (κ3) is 3.29. The van der Waals surface area contributed by atoms with E-state index in [2.05, 4.69) is 156 Å². The van der Waals surface area contributed by atoms with Crippen molar-refractivity contribution < 1.29 is 0 Å². The van der Waals surface area contributed by atoms with Crippen molar-refractivity contribution in [2.45, 2.75) is 13.8 Å². The summed E-state index contributed by atoms with van der Waals surface area (Å²) in [6.45, 7) is 4.45. The highest BCUT2D eigenvalue weighted by Gasteiger charge is 2.16. The zero-order chi connectivity index (χ0) is 26.8. The maximum absolute atomic E-state index is 2.40. The van der Waals surface area contributed by atoms with E-state index in [1.165, 1.54) is 77.2 Å². The SMILES string of the molecule is Cc1cc(-n2c3ccccc3c3ccccc32)ccc1-c1cc(-n2c3ccccc3c3ccccc32)ccc1C. The number of nitrogens with zero attached hydrogens (tertiary/aromatic N) is 2. The monoisotopic (exact) mass is 512 g/mol. The first-order valence-corrected chi connectivity index (χ1v) is 13.9. The van der Waals surface area contributed by atoms with Crippen LogP contribution in [0.25, 0.3) is 66.1 Å². The quantitative estimate of drug-likeness (QED) is 0.223. The molecule has 0 aliphatic heterocycles. The summed E-state index contributed by atoms with van der Waals surface area (Å²) in [6.07, 6.45) is 0. The Morgan fingerprint density at radius 2 is 0.750 bits per heavy atom. The molecule has 0 unspecified atom stereocenters. The molecule has 0 aliphatic rings. The maximum atomic E-state index is 2.40. The minimum absolute atomic E-state index is 1.18. The maximum Gasteiger partial charge on any atom is 0.0541 e. The van der Waals surface area contributed by atoms with Crippen molar-refractivity contribution in [1.29, 1.82) is 0 Å². The normalized spacial score (nSPS) is 11.8. The van der Waals surface area contributed by atoms with Crippen LogP contribution in [-0.4, -0.2) is 9.13 Å². The Morgan fingerprint density at radius 1 is 0.350 bits per heavy atom. The van der Waals surface area contributed by atoms with Crippen molar-refractivity contribution in [3.63, 3.8) is 0 Å². The molecule has 0 bridgehead atoms. The minimum Gasteiger partial charge on any atom is -0.309 e. The van der Waals surface area contributed by atoms with Crippen LogP contribution in [0.2, 0.25) is 0 Å². The summed E-state index contributed by atoms with van der Waals surface area (Å²) in [4.78, 5) is 0. The summed E-state index contributed by atoms with van der Waals surface area (Å²) in [5.74, 6) is 0. The molecule has 0 amide bonds. The van der Waals surface area contributed by atoms with E-state index in [4.69, 9.17) is 0 Å².